The van der Waals surface area contributed by atoms with Crippen LogP contribution in [0, 0.1) is 0 Å². The minimum atomic E-state index is -0.641. The fraction of sp³-hybridized carbons (Fsp3) is 0.600. The van der Waals surface area contributed by atoms with Crippen LogP contribution in [0.1, 0.15) is 19.8 Å². The summed E-state index contributed by atoms with van der Waals surface area (Å²) in [5, 5.41) is 0. The molecular formula is C15H24O2S. The average molecular weight is 268 g/mol. The predicted octanol–water partition coefficient (Wildman–Crippen LogP) is 3.69. The van der Waals surface area contributed by atoms with Gasteiger partial charge in [0.1, 0.15) is 5.75 Å². The third-order valence-corrected chi connectivity index (χ3v) is 7.06. The zero-order chi connectivity index (χ0) is 12.8. The summed E-state index contributed by atoms with van der Waals surface area (Å²) in [7, 11) is -0.641. The molecule has 0 aliphatic carbocycles. The topological polar surface area (TPSA) is 18.5 Å². The zero-order valence-corrected chi connectivity index (χ0v) is 12.3. The van der Waals surface area contributed by atoms with Gasteiger partial charge in [0.25, 0.3) is 0 Å². The van der Waals surface area contributed by atoms with Crippen LogP contribution in [0.5, 0.6) is 5.75 Å². The van der Waals surface area contributed by atoms with Gasteiger partial charge >= 0.3 is 0 Å². The highest BCUT2D eigenvalue weighted by Gasteiger charge is 2.23. The van der Waals surface area contributed by atoms with Crippen LogP contribution in [0.3, 0.4) is 0 Å². The van der Waals surface area contributed by atoms with Crippen molar-refractivity contribution in [1.82, 2.24) is 0 Å². The molecule has 0 bridgehead atoms. The minimum Gasteiger partial charge on any atom is -0.494 e. The van der Waals surface area contributed by atoms with Gasteiger partial charge in [0.15, 0.2) is 0 Å². The molecule has 102 valence electrons. The second-order valence-electron chi connectivity index (χ2n) is 4.97. The van der Waals surface area contributed by atoms with Crippen LogP contribution >= 0.6 is 10.0 Å². The summed E-state index contributed by atoms with van der Waals surface area (Å²) in [4.78, 5) is 1.49. The Hall–Kier alpha value is -0.670. The summed E-state index contributed by atoms with van der Waals surface area (Å²) < 4.78 is 11.2. The van der Waals surface area contributed by atoms with Gasteiger partial charge in [-0.3, -0.25) is 0 Å². The number of ether oxygens (including phenoxy) is 2. The Morgan fingerprint density at radius 1 is 1.17 bits per heavy atom. The lowest BCUT2D eigenvalue weighted by Gasteiger charge is -2.39. The van der Waals surface area contributed by atoms with E-state index in [1.54, 1.807) is 0 Å². The van der Waals surface area contributed by atoms with Crippen LogP contribution in [0.2, 0.25) is 0 Å². The Morgan fingerprint density at radius 2 is 1.83 bits per heavy atom. The molecule has 0 radical (unpaired) electrons. The van der Waals surface area contributed by atoms with Crippen molar-refractivity contribution in [2.75, 3.05) is 37.6 Å². The van der Waals surface area contributed by atoms with E-state index < -0.39 is 10.0 Å². The first-order valence-electron chi connectivity index (χ1n) is 6.79. The molecule has 18 heavy (non-hydrogen) atoms. The first-order chi connectivity index (χ1) is 8.74. The van der Waals surface area contributed by atoms with Crippen LogP contribution in [-0.4, -0.2) is 37.6 Å². The van der Waals surface area contributed by atoms with E-state index in [2.05, 4.69) is 37.4 Å². The number of rotatable bonds is 5. The standard InChI is InChI=1S/C15H24O2S/c1-3-4-9-17-14-5-7-15(8-6-14)18(2)12-10-16-11-13-18/h5-8H,3-4,9-13H2,1-2H3. The molecule has 0 saturated carbocycles. The summed E-state index contributed by atoms with van der Waals surface area (Å²) in [6, 6.07) is 8.75. The van der Waals surface area contributed by atoms with Gasteiger partial charge in [-0.05, 0) is 41.8 Å². The molecule has 1 fully saturated rings. The van der Waals surface area contributed by atoms with Gasteiger partial charge in [-0.1, -0.05) is 13.3 Å². The average Bonchev–Trinajstić information content (AvgIpc) is 2.41. The predicted molar refractivity (Wildman–Crippen MR) is 79.2 cm³/mol. The second-order valence-corrected chi connectivity index (χ2v) is 8.80. The fourth-order valence-electron chi connectivity index (χ4n) is 2.12. The molecule has 1 aromatic carbocycles. The smallest absolute Gasteiger partial charge is 0.119 e. The van der Waals surface area contributed by atoms with Crippen LogP contribution < -0.4 is 4.74 Å². The van der Waals surface area contributed by atoms with E-state index in [0.717, 1.165) is 32.0 Å². The third-order valence-electron chi connectivity index (χ3n) is 3.52. The van der Waals surface area contributed by atoms with Crippen molar-refractivity contribution in [3.63, 3.8) is 0 Å². The summed E-state index contributed by atoms with van der Waals surface area (Å²) in [6.45, 7) is 4.84. The highest BCUT2D eigenvalue weighted by Crippen LogP contribution is 2.53. The molecule has 0 unspecified atom stereocenters. The molecule has 2 nitrogen and oxygen atoms in total. The molecule has 1 heterocycles. The molecule has 1 aromatic rings. The van der Waals surface area contributed by atoms with E-state index in [0.29, 0.717) is 0 Å². The molecular weight excluding hydrogens is 244 g/mol. The number of hydrogen-bond acceptors (Lipinski definition) is 2. The minimum absolute atomic E-state index is 0.641. The van der Waals surface area contributed by atoms with Crippen LogP contribution in [-0.2, 0) is 4.74 Å². The Bertz CT molecular complexity index is 355. The maximum Gasteiger partial charge on any atom is 0.119 e. The largest absolute Gasteiger partial charge is 0.494 e. The maximum atomic E-state index is 5.71. The Labute approximate surface area is 112 Å². The van der Waals surface area contributed by atoms with Gasteiger partial charge < -0.3 is 9.47 Å². The maximum absolute atomic E-state index is 5.71. The first kappa shape index (κ1) is 13.8. The van der Waals surface area contributed by atoms with Gasteiger partial charge in [-0.2, -0.15) is 0 Å². The monoisotopic (exact) mass is 268 g/mol. The summed E-state index contributed by atoms with van der Waals surface area (Å²) >= 11 is 0. The summed E-state index contributed by atoms with van der Waals surface area (Å²) in [5.74, 6) is 3.40. The lowest BCUT2D eigenvalue weighted by Crippen LogP contribution is -2.22. The molecule has 0 spiro atoms. The van der Waals surface area contributed by atoms with E-state index in [1.807, 2.05) is 0 Å². The molecule has 1 saturated heterocycles. The van der Waals surface area contributed by atoms with Gasteiger partial charge in [0, 0.05) is 11.5 Å². The number of hydrogen-bond donors (Lipinski definition) is 0. The number of benzene rings is 1. The van der Waals surface area contributed by atoms with Crippen molar-refractivity contribution in [1.29, 1.82) is 0 Å². The van der Waals surface area contributed by atoms with E-state index >= 15 is 0 Å². The Balaban J connectivity index is 1.98. The SMILES string of the molecule is CCCCOc1ccc(S2(C)CCOCC2)cc1. The van der Waals surface area contributed by atoms with E-state index in [9.17, 15) is 0 Å². The van der Waals surface area contributed by atoms with Crippen LogP contribution in [0.4, 0.5) is 0 Å². The molecule has 0 atom stereocenters. The molecule has 0 N–H and O–H groups in total. The zero-order valence-electron chi connectivity index (χ0n) is 11.5. The summed E-state index contributed by atoms with van der Waals surface area (Å²) in [5.41, 5.74) is 0. The molecule has 1 aliphatic rings. The van der Waals surface area contributed by atoms with Crippen molar-refractivity contribution < 1.29 is 9.47 Å². The van der Waals surface area contributed by atoms with Crippen molar-refractivity contribution >= 4 is 10.0 Å². The lowest BCUT2D eigenvalue weighted by atomic mass is 10.3. The molecule has 3 heteroatoms. The lowest BCUT2D eigenvalue weighted by molar-refractivity contribution is 0.159. The third kappa shape index (κ3) is 3.42. The first-order valence-corrected chi connectivity index (χ1v) is 9.17. The number of unbranched alkanes of at least 4 members (excludes halogenated alkanes) is 1. The van der Waals surface area contributed by atoms with E-state index in [4.69, 9.17) is 9.47 Å². The second kappa shape index (κ2) is 6.48. The van der Waals surface area contributed by atoms with Crippen molar-refractivity contribution in [3.8, 4) is 5.75 Å². The molecule has 2 rings (SSSR count). The normalized spacial score (nSPS) is 20.3. The van der Waals surface area contributed by atoms with Crippen LogP contribution in [0.25, 0.3) is 0 Å². The molecule has 0 amide bonds. The van der Waals surface area contributed by atoms with Crippen molar-refractivity contribution in [3.05, 3.63) is 24.3 Å². The van der Waals surface area contributed by atoms with E-state index in [1.165, 1.54) is 22.8 Å². The fourth-order valence-corrected chi connectivity index (χ4v) is 4.56. The van der Waals surface area contributed by atoms with Gasteiger partial charge in [0.2, 0.25) is 0 Å². The Morgan fingerprint density at radius 3 is 2.44 bits per heavy atom. The molecule has 0 aromatic heterocycles. The van der Waals surface area contributed by atoms with Crippen molar-refractivity contribution in [2.24, 2.45) is 0 Å². The van der Waals surface area contributed by atoms with Gasteiger partial charge in [-0.25, -0.2) is 10.0 Å². The highest BCUT2D eigenvalue weighted by atomic mass is 32.3. The van der Waals surface area contributed by atoms with E-state index in [-0.39, 0.29) is 0 Å². The Kier molecular flexibility index (Phi) is 4.95. The molecule has 1 aliphatic heterocycles. The highest BCUT2D eigenvalue weighted by molar-refractivity contribution is 8.33. The van der Waals surface area contributed by atoms with Crippen LogP contribution in [0.15, 0.2) is 29.2 Å². The quantitative estimate of drug-likeness (QED) is 0.758. The summed E-state index contributed by atoms with van der Waals surface area (Å²) in [6.07, 6.45) is 4.73. The van der Waals surface area contributed by atoms with Crippen molar-refractivity contribution in [2.45, 2.75) is 24.7 Å². The van der Waals surface area contributed by atoms with Gasteiger partial charge in [0.05, 0.1) is 19.8 Å². The van der Waals surface area contributed by atoms with Gasteiger partial charge in [-0.15, -0.1) is 0 Å².